The van der Waals surface area contributed by atoms with Gasteiger partial charge in [0.2, 0.25) is 5.91 Å². The molecule has 1 fully saturated rings. The lowest BCUT2D eigenvalue weighted by Gasteiger charge is -2.31. The summed E-state index contributed by atoms with van der Waals surface area (Å²) in [6.07, 6.45) is 3.35. The fraction of sp³-hybridized carbons (Fsp3) is 0.909. The molecule has 0 spiro atoms. The van der Waals surface area contributed by atoms with Gasteiger partial charge in [0.05, 0.1) is 12.1 Å². The average molecular weight is 229 g/mol. The van der Waals surface area contributed by atoms with E-state index >= 15 is 0 Å². The Labute approximate surface area is 97.3 Å². The van der Waals surface area contributed by atoms with Crippen molar-refractivity contribution in [2.45, 2.75) is 31.4 Å². The van der Waals surface area contributed by atoms with E-state index in [1.54, 1.807) is 14.2 Å². The summed E-state index contributed by atoms with van der Waals surface area (Å²) in [6, 6.07) is -0.208. The van der Waals surface area contributed by atoms with Gasteiger partial charge >= 0.3 is 0 Å². The predicted molar refractivity (Wildman–Crippen MR) is 63.1 cm³/mol. The minimum absolute atomic E-state index is 0.208. The predicted octanol–water partition coefficient (Wildman–Crippen LogP) is -0.439. The normalized spacial score (nSPS) is 20.9. The maximum absolute atomic E-state index is 11.0. The molecule has 1 amide bonds. The summed E-state index contributed by atoms with van der Waals surface area (Å²) in [5.74, 6) is -0.269. The third-order valence-electron chi connectivity index (χ3n) is 3.29. The summed E-state index contributed by atoms with van der Waals surface area (Å²) in [5.41, 5.74) is 5.27. The average Bonchev–Trinajstić information content (AvgIpc) is 2.30. The number of methoxy groups -OCH3 is 1. The van der Waals surface area contributed by atoms with Gasteiger partial charge in [0.25, 0.3) is 0 Å². The first-order valence-corrected chi connectivity index (χ1v) is 5.89. The summed E-state index contributed by atoms with van der Waals surface area (Å²) >= 11 is 0. The lowest BCUT2D eigenvalue weighted by atomic mass is 10.1. The SMILES string of the molecule is CNC(CCN1CCC(OC)CC1)C(N)=O. The van der Waals surface area contributed by atoms with E-state index in [-0.39, 0.29) is 11.9 Å². The number of hydrogen-bond donors (Lipinski definition) is 2. The van der Waals surface area contributed by atoms with Gasteiger partial charge < -0.3 is 20.7 Å². The zero-order valence-electron chi connectivity index (χ0n) is 10.2. The van der Waals surface area contributed by atoms with Crippen molar-refractivity contribution in [3.63, 3.8) is 0 Å². The molecule has 0 aromatic rings. The van der Waals surface area contributed by atoms with E-state index in [2.05, 4.69) is 10.2 Å². The summed E-state index contributed by atoms with van der Waals surface area (Å²) in [5, 5.41) is 2.94. The number of piperidine rings is 1. The zero-order valence-corrected chi connectivity index (χ0v) is 10.2. The fourth-order valence-corrected chi connectivity index (χ4v) is 2.11. The molecule has 94 valence electrons. The molecule has 16 heavy (non-hydrogen) atoms. The minimum atomic E-state index is -0.269. The second kappa shape index (κ2) is 6.83. The standard InChI is InChI=1S/C11H23N3O2/c1-13-10(11(12)15)5-8-14-6-3-9(16-2)4-7-14/h9-10,13H,3-8H2,1-2H3,(H2,12,15). The van der Waals surface area contributed by atoms with Crippen molar-refractivity contribution in [3.8, 4) is 0 Å². The van der Waals surface area contributed by atoms with Crippen LogP contribution in [0.25, 0.3) is 0 Å². The van der Waals surface area contributed by atoms with Gasteiger partial charge in [-0.25, -0.2) is 0 Å². The molecule has 1 heterocycles. The number of likely N-dealkylation sites (N-methyl/N-ethyl adjacent to an activating group) is 1. The van der Waals surface area contributed by atoms with E-state index in [9.17, 15) is 4.79 Å². The Bertz CT molecular complexity index is 215. The first-order chi connectivity index (χ1) is 7.67. The van der Waals surface area contributed by atoms with Crippen LogP contribution >= 0.6 is 0 Å². The number of likely N-dealkylation sites (tertiary alicyclic amines) is 1. The van der Waals surface area contributed by atoms with Gasteiger partial charge in [0.1, 0.15) is 0 Å². The van der Waals surface area contributed by atoms with Crippen LogP contribution < -0.4 is 11.1 Å². The first kappa shape index (κ1) is 13.4. The van der Waals surface area contributed by atoms with Crippen LogP contribution in [0, 0.1) is 0 Å². The van der Waals surface area contributed by atoms with Crippen LogP contribution in [0.3, 0.4) is 0 Å². The maximum atomic E-state index is 11.0. The molecule has 0 bridgehead atoms. The van der Waals surface area contributed by atoms with Gasteiger partial charge in [-0.15, -0.1) is 0 Å². The molecule has 3 N–H and O–H groups in total. The highest BCUT2D eigenvalue weighted by atomic mass is 16.5. The van der Waals surface area contributed by atoms with E-state index in [1.165, 1.54) is 0 Å². The number of carbonyl (C=O) groups is 1. The second-order valence-corrected chi connectivity index (χ2v) is 4.31. The molecule has 5 heteroatoms. The van der Waals surface area contributed by atoms with Crippen molar-refractivity contribution in [1.82, 2.24) is 10.2 Å². The zero-order chi connectivity index (χ0) is 12.0. The van der Waals surface area contributed by atoms with E-state index in [0.29, 0.717) is 6.10 Å². The summed E-state index contributed by atoms with van der Waals surface area (Å²) in [4.78, 5) is 13.4. The van der Waals surface area contributed by atoms with Crippen LogP contribution in [0.5, 0.6) is 0 Å². The lowest BCUT2D eigenvalue weighted by Crippen LogP contribution is -2.43. The number of nitrogens with two attached hydrogens (primary N) is 1. The quantitative estimate of drug-likeness (QED) is 0.648. The van der Waals surface area contributed by atoms with Crippen LogP contribution in [0.15, 0.2) is 0 Å². The highest BCUT2D eigenvalue weighted by molar-refractivity contribution is 5.79. The molecule has 1 saturated heterocycles. The number of primary amides is 1. The lowest BCUT2D eigenvalue weighted by molar-refractivity contribution is -0.120. The van der Waals surface area contributed by atoms with Crippen LogP contribution in [0.2, 0.25) is 0 Å². The topological polar surface area (TPSA) is 67.6 Å². The maximum Gasteiger partial charge on any atom is 0.234 e. The van der Waals surface area contributed by atoms with Crippen LogP contribution in [-0.2, 0) is 9.53 Å². The number of hydrogen-bond acceptors (Lipinski definition) is 4. The molecule has 0 aliphatic carbocycles. The number of nitrogens with one attached hydrogen (secondary N) is 1. The number of rotatable bonds is 6. The highest BCUT2D eigenvalue weighted by Gasteiger charge is 2.20. The van der Waals surface area contributed by atoms with Crippen molar-refractivity contribution in [2.24, 2.45) is 5.73 Å². The molecule has 1 rings (SSSR count). The van der Waals surface area contributed by atoms with Crippen molar-refractivity contribution in [1.29, 1.82) is 0 Å². The van der Waals surface area contributed by atoms with Crippen molar-refractivity contribution in [3.05, 3.63) is 0 Å². The molecule has 0 aromatic heterocycles. The fourth-order valence-electron chi connectivity index (χ4n) is 2.11. The number of ether oxygens (including phenoxy) is 1. The van der Waals surface area contributed by atoms with Crippen LogP contribution in [0.1, 0.15) is 19.3 Å². The molecule has 1 aliphatic heterocycles. The van der Waals surface area contributed by atoms with E-state index in [4.69, 9.17) is 10.5 Å². The smallest absolute Gasteiger partial charge is 0.234 e. The Kier molecular flexibility index (Phi) is 5.73. The molecule has 0 saturated carbocycles. The monoisotopic (exact) mass is 229 g/mol. The van der Waals surface area contributed by atoms with Crippen LogP contribution in [0.4, 0.5) is 0 Å². The summed E-state index contributed by atoms with van der Waals surface area (Å²) < 4.78 is 5.31. The van der Waals surface area contributed by atoms with Crippen molar-refractivity contribution >= 4 is 5.91 Å². The number of carbonyl (C=O) groups excluding carboxylic acids is 1. The Balaban J connectivity index is 2.21. The Hall–Kier alpha value is -0.650. The van der Waals surface area contributed by atoms with E-state index in [0.717, 1.165) is 38.9 Å². The first-order valence-electron chi connectivity index (χ1n) is 5.89. The Morgan fingerprint density at radius 2 is 2.19 bits per heavy atom. The van der Waals surface area contributed by atoms with Gasteiger partial charge in [0.15, 0.2) is 0 Å². The largest absolute Gasteiger partial charge is 0.381 e. The van der Waals surface area contributed by atoms with E-state index in [1.807, 2.05) is 0 Å². The second-order valence-electron chi connectivity index (χ2n) is 4.31. The molecule has 1 unspecified atom stereocenters. The Morgan fingerprint density at radius 3 is 2.62 bits per heavy atom. The number of nitrogens with zero attached hydrogens (tertiary/aromatic N) is 1. The van der Waals surface area contributed by atoms with Crippen molar-refractivity contribution in [2.75, 3.05) is 33.8 Å². The number of amides is 1. The minimum Gasteiger partial charge on any atom is -0.381 e. The molecule has 1 aliphatic rings. The summed E-state index contributed by atoms with van der Waals surface area (Å²) in [7, 11) is 3.54. The molecule has 5 nitrogen and oxygen atoms in total. The summed E-state index contributed by atoms with van der Waals surface area (Å²) in [6.45, 7) is 3.02. The molecule has 0 radical (unpaired) electrons. The third-order valence-corrected chi connectivity index (χ3v) is 3.29. The van der Waals surface area contributed by atoms with Crippen molar-refractivity contribution < 1.29 is 9.53 Å². The van der Waals surface area contributed by atoms with Gasteiger partial charge in [-0.1, -0.05) is 0 Å². The van der Waals surface area contributed by atoms with E-state index < -0.39 is 0 Å². The van der Waals surface area contributed by atoms with Gasteiger partial charge in [-0.05, 0) is 26.3 Å². The molecule has 1 atom stereocenters. The van der Waals surface area contributed by atoms with Gasteiger partial charge in [0, 0.05) is 26.7 Å². The van der Waals surface area contributed by atoms with Crippen LogP contribution in [-0.4, -0.2) is 56.7 Å². The Morgan fingerprint density at radius 1 is 1.56 bits per heavy atom. The molecule has 0 aromatic carbocycles. The highest BCUT2D eigenvalue weighted by Crippen LogP contribution is 2.13. The molecular formula is C11H23N3O2. The van der Waals surface area contributed by atoms with Gasteiger partial charge in [-0.2, -0.15) is 0 Å². The molecular weight excluding hydrogens is 206 g/mol. The van der Waals surface area contributed by atoms with Gasteiger partial charge in [-0.3, -0.25) is 4.79 Å². The third kappa shape index (κ3) is 4.08.